The molecule has 0 aromatic heterocycles. The summed E-state index contributed by atoms with van der Waals surface area (Å²) >= 11 is 0. The van der Waals surface area contributed by atoms with Crippen LogP contribution >= 0.6 is 0 Å². The fourth-order valence-corrected chi connectivity index (χ4v) is 16.0. The molecule has 1 rings (SSSR count). The van der Waals surface area contributed by atoms with E-state index in [1.807, 2.05) is 13.8 Å². The van der Waals surface area contributed by atoms with Gasteiger partial charge in [-0.15, -0.1) is 0 Å². The van der Waals surface area contributed by atoms with Crippen LogP contribution in [0.3, 0.4) is 0 Å². The van der Waals surface area contributed by atoms with Crippen LogP contribution in [0.1, 0.15) is 477 Å². The summed E-state index contributed by atoms with van der Waals surface area (Å²) in [6.45, 7) is 21.8. The maximum absolute atomic E-state index is 12.3. The summed E-state index contributed by atoms with van der Waals surface area (Å²) in [5.74, 6) is 3.00. The van der Waals surface area contributed by atoms with Crippen molar-refractivity contribution in [3.8, 4) is 5.75 Å². The average Bonchev–Trinajstić information content (AvgIpc) is 0.863. The molecular formula is C99H180N2O13. The molecule has 0 aliphatic heterocycles. The monoisotopic (exact) mass is 1610 g/mol. The van der Waals surface area contributed by atoms with Crippen LogP contribution in [-0.4, -0.2) is 98.3 Å². The predicted octanol–water partition coefficient (Wildman–Crippen LogP) is 27.1. The lowest BCUT2D eigenvalue weighted by atomic mass is 9.78. The Labute approximate surface area is 700 Å². The lowest BCUT2D eigenvalue weighted by molar-refractivity contribution is -0.149. The van der Waals surface area contributed by atoms with E-state index in [9.17, 15) is 38.7 Å². The standard InChI is InChI=1S/C50H89NO6.C49H91NO7/c1-6-9-11-13-19-25-31-43(33-27-21-15-17-23-29-35-47(52)51-8-3)44(32-26-20-14-12-10-7-2)34-28-22-16-18-24-30-36-48(53)57-42-41-56-46-39-37-45(38-40-46)49(54)50(4,5)55;1-5-9-11-13-19-26-34-44(36-28-21-15-17-23-30-38-46(51)50-8-4)45(35-27-20-14-12-10-6-2)37-29-22-16-18-24-31-39-48(53)55-41-33-25-32-40-49(54)57-43-42-56-47(52)7-3/h37-40,43-44,55H,6-36,41-42H2,1-5H3,(H,51,52);7,44-45H,3,5-6,8-43H2,1-2,4H3,(H,50,51). The van der Waals surface area contributed by atoms with Gasteiger partial charge in [-0.2, -0.15) is 0 Å². The van der Waals surface area contributed by atoms with Crippen LogP contribution in [0.2, 0.25) is 0 Å². The van der Waals surface area contributed by atoms with Crippen LogP contribution in [0.4, 0.5) is 0 Å². The van der Waals surface area contributed by atoms with E-state index >= 15 is 0 Å². The van der Waals surface area contributed by atoms with Crippen LogP contribution in [0.5, 0.6) is 5.75 Å². The van der Waals surface area contributed by atoms with E-state index in [-0.39, 0.29) is 61.9 Å². The largest absolute Gasteiger partial charge is 0.490 e. The zero-order valence-corrected chi connectivity index (χ0v) is 75.5. The molecule has 0 saturated carbocycles. The molecule has 664 valence electrons. The van der Waals surface area contributed by atoms with E-state index < -0.39 is 11.6 Å². The highest BCUT2D eigenvalue weighted by Crippen LogP contribution is 2.36. The van der Waals surface area contributed by atoms with Crippen molar-refractivity contribution in [3.63, 3.8) is 0 Å². The topological polar surface area (TPSA) is 210 Å². The van der Waals surface area contributed by atoms with Gasteiger partial charge in [-0.3, -0.25) is 28.8 Å². The number of rotatable bonds is 84. The van der Waals surface area contributed by atoms with Crippen molar-refractivity contribution in [3.05, 3.63) is 42.5 Å². The Hall–Kier alpha value is -4.79. The fourth-order valence-electron chi connectivity index (χ4n) is 16.0. The number of hydrogen-bond donors (Lipinski definition) is 3. The van der Waals surface area contributed by atoms with Crippen molar-refractivity contribution < 1.29 is 62.4 Å². The molecule has 2 amide bonds. The van der Waals surface area contributed by atoms with Crippen molar-refractivity contribution >= 4 is 41.5 Å². The van der Waals surface area contributed by atoms with Gasteiger partial charge in [0.25, 0.3) is 0 Å². The summed E-state index contributed by atoms with van der Waals surface area (Å²) in [6, 6.07) is 6.65. The van der Waals surface area contributed by atoms with Gasteiger partial charge in [-0.05, 0) is 121 Å². The lowest BCUT2D eigenvalue weighted by Crippen LogP contribution is -2.30. The van der Waals surface area contributed by atoms with Crippen molar-refractivity contribution in [2.45, 2.75) is 472 Å². The number of esters is 4. The Morgan fingerprint density at radius 2 is 0.570 bits per heavy atom. The predicted molar refractivity (Wildman–Crippen MR) is 476 cm³/mol. The second-order valence-electron chi connectivity index (χ2n) is 33.9. The summed E-state index contributed by atoms with van der Waals surface area (Å²) in [5, 5.41) is 15.8. The number of amides is 2. The number of aliphatic hydroxyl groups is 1. The van der Waals surface area contributed by atoms with E-state index in [2.05, 4.69) is 44.9 Å². The van der Waals surface area contributed by atoms with E-state index in [0.717, 1.165) is 94.2 Å². The molecule has 0 bridgehead atoms. The normalized spacial score (nSPS) is 12.4. The molecule has 0 fully saturated rings. The number of unbranched alkanes of at least 4 members (excludes halogenated alkanes) is 42. The molecule has 0 radical (unpaired) electrons. The van der Waals surface area contributed by atoms with Crippen molar-refractivity contribution in [1.29, 1.82) is 0 Å². The first-order chi connectivity index (χ1) is 55.5. The molecule has 114 heavy (non-hydrogen) atoms. The van der Waals surface area contributed by atoms with Crippen molar-refractivity contribution in [2.24, 2.45) is 23.7 Å². The van der Waals surface area contributed by atoms with Gasteiger partial charge in [0, 0.05) is 56.8 Å². The number of benzene rings is 1. The maximum atomic E-state index is 12.3. The minimum atomic E-state index is -1.41. The quantitative estimate of drug-likeness (QED) is 0.0182. The summed E-state index contributed by atoms with van der Waals surface area (Å²) in [6.07, 6.45) is 79.1. The third-order valence-corrected chi connectivity index (χ3v) is 23.0. The highest BCUT2D eigenvalue weighted by atomic mass is 16.6. The lowest BCUT2D eigenvalue weighted by Gasteiger charge is -2.28. The van der Waals surface area contributed by atoms with E-state index in [1.54, 1.807) is 24.3 Å². The molecule has 0 heterocycles. The molecule has 15 heteroatoms. The van der Waals surface area contributed by atoms with E-state index in [1.165, 1.54) is 335 Å². The summed E-state index contributed by atoms with van der Waals surface area (Å²) in [4.78, 5) is 82.9. The first kappa shape index (κ1) is 109. The van der Waals surface area contributed by atoms with Crippen LogP contribution in [0.15, 0.2) is 36.9 Å². The zero-order valence-electron chi connectivity index (χ0n) is 75.5. The smallest absolute Gasteiger partial charge is 0.330 e. The third kappa shape index (κ3) is 71.3. The molecule has 15 nitrogen and oxygen atoms in total. The van der Waals surface area contributed by atoms with Gasteiger partial charge >= 0.3 is 23.9 Å². The summed E-state index contributed by atoms with van der Waals surface area (Å²) < 4.78 is 26.3. The first-order valence-corrected chi connectivity index (χ1v) is 48.3. The van der Waals surface area contributed by atoms with Crippen molar-refractivity contribution in [2.75, 3.05) is 46.1 Å². The third-order valence-electron chi connectivity index (χ3n) is 23.0. The number of Topliss-reactive ketones (excluding diaryl/α,β-unsaturated/α-hetero) is 1. The molecule has 0 aliphatic rings. The Morgan fingerprint density at radius 1 is 0.325 bits per heavy atom. The number of carbonyl (C=O) groups excluding carboxylic acids is 7. The first-order valence-electron chi connectivity index (χ1n) is 48.3. The van der Waals surface area contributed by atoms with Gasteiger partial charge in [0.15, 0.2) is 5.78 Å². The molecule has 4 atom stereocenters. The summed E-state index contributed by atoms with van der Waals surface area (Å²) in [5.41, 5.74) is -0.986. The van der Waals surface area contributed by atoms with Gasteiger partial charge < -0.3 is 39.4 Å². The second-order valence-corrected chi connectivity index (χ2v) is 33.9. The molecule has 4 unspecified atom stereocenters. The summed E-state index contributed by atoms with van der Waals surface area (Å²) in [7, 11) is 0. The zero-order chi connectivity index (χ0) is 83.7. The molecule has 0 spiro atoms. The van der Waals surface area contributed by atoms with Gasteiger partial charge in [-0.25, -0.2) is 4.79 Å². The maximum Gasteiger partial charge on any atom is 0.330 e. The fraction of sp³-hybridized carbons (Fsp3) is 0.848. The van der Waals surface area contributed by atoms with Gasteiger partial charge in [0.1, 0.15) is 37.8 Å². The van der Waals surface area contributed by atoms with Crippen LogP contribution in [0, 0.1) is 23.7 Å². The minimum absolute atomic E-state index is 0.0264. The molecular weight excluding hydrogens is 1430 g/mol. The number of hydrogen-bond acceptors (Lipinski definition) is 13. The Balaban J connectivity index is 0.00000224. The number of ketones is 1. The van der Waals surface area contributed by atoms with Gasteiger partial charge in [-0.1, -0.05) is 368 Å². The van der Waals surface area contributed by atoms with Crippen LogP contribution in [-0.2, 0) is 47.7 Å². The average molecular weight is 1610 g/mol. The van der Waals surface area contributed by atoms with Gasteiger partial charge in [0.05, 0.1) is 6.61 Å². The highest BCUT2D eigenvalue weighted by molar-refractivity contribution is 6.01. The molecule has 1 aromatic rings. The molecule has 0 saturated heterocycles. The Morgan fingerprint density at radius 3 is 0.851 bits per heavy atom. The van der Waals surface area contributed by atoms with E-state index in [4.69, 9.17) is 23.7 Å². The van der Waals surface area contributed by atoms with Crippen LogP contribution < -0.4 is 15.4 Å². The van der Waals surface area contributed by atoms with Crippen LogP contribution in [0.25, 0.3) is 0 Å². The molecule has 1 aromatic carbocycles. The van der Waals surface area contributed by atoms with Gasteiger partial charge in [0.2, 0.25) is 11.8 Å². The van der Waals surface area contributed by atoms with Crippen molar-refractivity contribution in [1.82, 2.24) is 10.6 Å². The Bertz CT molecular complexity index is 2390. The SMILES string of the molecule is C=CC(=O)OCCOC(=O)CCCCCOC(=O)CCCCCCCCC(CCCCCCCC)C(CCCCCCCC)CCCCCCCCC(=O)NCC.CCCCCCCCC(CCCCCCCCC(=O)NCC)C(CCCCCCCC)CCCCCCCCC(=O)OCCOc1ccc(C(=O)C(C)(C)O)cc1. The van der Waals surface area contributed by atoms with E-state index in [0.29, 0.717) is 56.4 Å². The Kier molecular flexibility index (Phi) is 78.5. The minimum Gasteiger partial charge on any atom is -0.490 e. The molecule has 3 N–H and O–H groups in total. The highest BCUT2D eigenvalue weighted by Gasteiger charge is 2.26. The number of carbonyl (C=O) groups is 7. The number of ether oxygens (including phenoxy) is 5. The number of nitrogens with one attached hydrogen (secondary N) is 2. The molecule has 0 aliphatic carbocycles. The second kappa shape index (κ2) is 81.9.